The van der Waals surface area contributed by atoms with Gasteiger partial charge in [-0.2, -0.15) is 10.4 Å². The molecule has 0 spiro atoms. The fourth-order valence-electron chi connectivity index (χ4n) is 2.18. The highest BCUT2D eigenvalue weighted by Gasteiger charge is 2.16. The van der Waals surface area contributed by atoms with Gasteiger partial charge in [-0.25, -0.2) is 0 Å². The zero-order valence-corrected chi connectivity index (χ0v) is 12.7. The van der Waals surface area contributed by atoms with Crippen LogP contribution in [-0.4, -0.2) is 16.3 Å². The summed E-state index contributed by atoms with van der Waals surface area (Å²) in [6, 6.07) is 12.5. The zero-order chi connectivity index (χ0) is 15.1. The van der Waals surface area contributed by atoms with E-state index in [1.807, 2.05) is 16.9 Å². The van der Waals surface area contributed by atoms with E-state index in [0.717, 1.165) is 25.2 Å². The maximum Gasteiger partial charge on any atom is 0.0660 e. The van der Waals surface area contributed by atoms with Crippen molar-refractivity contribution >= 4 is 5.69 Å². The van der Waals surface area contributed by atoms with Crippen LogP contribution in [0.5, 0.6) is 0 Å². The first-order chi connectivity index (χ1) is 10.1. The van der Waals surface area contributed by atoms with Gasteiger partial charge in [0.1, 0.15) is 0 Å². The number of hydrogen-bond acceptors (Lipinski definition) is 3. The van der Waals surface area contributed by atoms with Gasteiger partial charge in [0.15, 0.2) is 0 Å². The minimum Gasteiger partial charge on any atom is -0.385 e. The summed E-state index contributed by atoms with van der Waals surface area (Å²) in [5.74, 6) is 0. The van der Waals surface area contributed by atoms with Gasteiger partial charge < -0.3 is 5.32 Å². The van der Waals surface area contributed by atoms with Crippen LogP contribution in [0.15, 0.2) is 42.7 Å². The second-order valence-electron chi connectivity index (χ2n) is 6.08. The minimum atomic E-state index is 0.119. The Kier molecular flexibility index (Phi) is 4.99. The van der Waals surface area contributed by atoms with Crippen molar-refractivity contribution in [3.8, 4) is 6.07 Å². The van der Waals surface area contributed by atoms with Gasteiger partial charge in [-0.3, -0.25) is 4.68 Å². The molecule has 21 heavy (non-hydrogen) atoms. The summed E-state index contributed by atoms with van der Waals surface area (Å²) < 4.78 is 1.91. The highest BCUT2D eigenvalue weighted by Crippen LogP contribution is 2.23. The molecule has 1 heterocycles. The number of hydrogen-bond donors (Lipinski definition) is 1. The van der Waals surface area contributed by atoms with Crippen LogP contribution in [0.2, 0.25) is 0 Å². The monoisotopic (exact) mass is 282 g/mol. The molecule has 0 saturated heterocycles. The van der Waals surface area contributed by atoms with Gasteiger partial charge in [0.05, 0.1) is 12.6 Å². The van der Waals surface area contributed by atoms with Crippen LogP contribution in [0.4, 0.5) is 5.69 Å². The molecule has 0 aliphatic heterocycles. The Hall–Kier alpha value is -2.28. The Bertz CT molecular complexity index is 594. The second kappa shape index (κ2) is 6.94. The van der Waals surface area contributed by atoms with E-state index in [1.54, 1.807) is 6.20 Å². The van der Waals surface area contributed by atoms with Gasteiger partial charge in [0.2, 0.25) is 0 Å². The van der Waals surface area contributed by atoms with E-state index in [2.05, 4.69) is 54.6 Å². The molecule has 0 bridgehead atoms. The van der Waals surface area contributed by atoms with E-state index in [4.69, 9.17) is 5.26 Å². The first-order valence-electron chi connectivity index (χ1n) is 7.26. The summed E-state index contributed by atoms with van der Waals surface area (Å²) in [5, 5.41) is 16.4. The standard InChI is InChI=1S/C17H22N4/c1-17(2,8-4-9-18)14-19-16-7-3-6-15(12-16)13-21-11-5-10-20-21/h3,5-7,10-12,19H,4,8,13-14H2,1-2H3. The van der Waals surface area contributed by atoms with Crippen molar-refractivity contribution in [2.45, 2.75) is 33.2 Å². The largest absolute Gasteiger partial charge is 0.385 e. The molecule has 2 aromatic rings. The van der Waals surface area contributed by atoms with Crippen molar-refractivity contribution in [3.05, 3.63) is 48.3 Å². The molecule has 0 amide bonds. The average Bonchev–Trinajstić information content (AvgIpc) is 2.97. The van der Waals surface area contributed by atoms with Gasteiger partial charge in [0, 0.05) is 31.0 Å². The van der Waals surface area contributed by atoms with E-state index in [-0.39, 0.29) is 5.41 Å². The predicted octanol–water partition coefficient (Wildman–Crippen LogP) is 3.67. The molecule has 0 fully saturated rings. The lowest BCUT2D eigenvalue weighted by atomic mass is 9.88. The van der Waals surface area contributed by atoms with Crippen LogP contribution in [-0.2, 0) is 6.54 Å². The van der Waals surface area contributed by atoms with Crippen LogP contribution in [0.25, 0.3) is 0 Å². The van der Waals surface area contributed by atoms with Crippen molar-refractivity contribution in [3.63, 3.8) is 0 Å². The quantitative estimate of drug-likeness (QED) is 0.843. The van der Waals surface area contributed by atoms with E-state index < -0.39 is 0 Å². The third kappa shape index (κ3) is 4.96. The Morgan fingerprint density at radius 3 is 2.90 bits per heavy atom. The van der Waals surface area contributed by atoms with Gasteiger partial charge in [-0.05, 0) is 35.6 Å². The summed E-state index contributed by atoms with van der Waals surface area (Å²) in [6.07, 6.45) is 5.27. The molecule has 0 unspecified atom stereocenters. The van der Waals surface area contributed by atoms with Crippen molar-refractivity contribution in [2.75, 3.05) is 11.9 Å². The summed E-state index contributed by atoms with van der Waals surface area (Å²) in [4.78, 5) is 0. The lowest BCUT2D eigenvalue weighted by molar-refractivity contribution is 0.364. The number of rotatable bonds is 7. The van der Waals surface area contributed by atoms with Crippen LogP contribution in [0.1, 0.15) is 32.3 Å². The molecular formula is C17H22N4. The normalized spacial score (nSPS) is 11.1. The van der Waals surface area contributed by atoms with Gasteiger partial charge in [-0.1, -0.05) is 26.0 Å². The summed E-state index contributed by atoms with van der Waals surface area (Å²) in [6.45, 7) is 6.01. The SMILES string of the molecule is CC(C)(CCC#N)CNc1cccc(Cn2cccn2)c1. The van der Waals surface area contributed by atoms with Crippen LogP contribution in [0.3, 0.4) is 0 Å². The Labute approximate surface area is 126 Å². The lowest BCUT2D eigenvalue weighted by Gasteiger charge is -2.24. The molecule has 110 valence electrons. The van der Waals surface area contributed by atoms with E-state index in [1.165, 1.54) is 5.56 Å². The minimum absolute atomic E-state index is 0.119. The molecule has 4 heteroatoms. The molecule has 0 atom stereocenters. The van der Waals surface area contributed by atoms with Gasteiger partial charge >= 0.3 is 0 Å². The second-order valence-corrected chi connectivity index (χ2v) is 6.08. The predicted molar refractivity (Wildman–Crippen MR) is 84.9 cm³/mol. The molecular weight excluding hydrogens is 260 g/mol. The third-order valence-electron chi connectivity index (χ3n) is 3.52. The summed E-state index contributed by atoms with van der Waals surface area (Å²) >= 11 is 0. The van der Waals surface area contributed by atoms with E-state index >= 15 is 0 Å². The number of nitrogens with zero attached hydrogens (tertiary/aromatic N) is 3. The highest BCUT2D eigenvalue weighted by molar-refractivity contribution is 5.46. The highest BCUT2D eigenvalue weighted by atomic mass is 15.3. The third-order valence-corrected chi connectivity index (χ3v) is 3.52. The Morgan fingerprint density at radius 2 is 2.19 bits per heavy atom. The number of aromatic nitrogens is 2. The van der Waals surface area contributed by atoms with Gasteiger partial charge in [-0.15, -0.1) is 0 Å². The maximum absolute atomic E-state index is 8.69. The first-order valence-corrected chi connectivity index (χ1v) is 7.26. The number of nitriles is 1. The lowest BCUT2D eigenvalue weighted by Crippen LogP contribution is -2.22. The molecule has 4 nitrogen and oxygen atoms in total. The van der Waals surface area contributed by atoms with Crippen LogP contribution < -0.4 is 5.32 Å². The van der Waals surface area contributed by atoms with Crippen molar-refractivity contribution in [2.24, 2.45) is 5.41 Å². The number of anilines is 1. The summed E-state index contributed by atoms with van der Waals surface area (Å²) in [7, 11) is 0. The molecule has 1 N–H and O–H groups in total. The fourth-order valence-corrected chi connectivity index (χ4v) is 2.18. The van der Waals surface area contributed by atoms with Gasteiger partial charge in [0.25, 0.3) is 0 Å². The molecule has 0 aliphatic carbocycles. The zero-order valence-electron chi connectivity index (χ0n) is 12.7. The van der Waals surface area contributed by atoms with Crippen molar-refractivity contribution < 1.29 is 0 Å². The van der Waals surface area contributed by atoms with Crippen molar-refractivity contribution in [1.29, 1.82) is 5.26 Å². The molecule has 0 aliphatic rings. The fraction of sp³-hybridized carbons (Fsp3) is 0.412. The summed E-state index contributed by atoms with van der Waals surface area (Å²) in [5.41, 5.74) is 2.46. The van der Waals surface area contributed by atoms with Crippen molar-refractivity contribution in [1.82, 2.24) is 9.78 Å². The topological polar surface area (TPSA) is 53.6 Å². The van der Waals surface area contributed by atoms with Crippen LogP contribution in [0, 0.1) is 16.7 Å². The van der Waals surface area contributed by atoms with E-state index in [9.17, 15) is 0 Å². The van der Waals surface area contributed by atoms with E-state index in [0.29, 0.717) is 6.42 Å². The Balaban J connectivity index is 1.93. The molecule has 1 aromatic heterocycles. The number of nitrogens with one attached hydrogen (secondary N) is 1. The van der Waals surface area contributed by atoms with Crippen LogP contribution >= 0.6 is 0 Å². The molecule has 0 radical (unpaired) electrons. The first kappa shape index (κ1) is 15.1. The number of benzene rings is 1. The maximum atomic E-state index is 8.69. The Morgan fingerprint density at radius 1 is 1.33 bits per heavy atom. The molecule has 0 saturated carbocycles. The smallest absolute Gasteiger partial charge is 0.0660 e. The average molecular weight is 282 g/mol. The molecule has 2 rings (SSSR count). The molecule has 1 aromatic carbocycles.